The third kappa shape index (κ3) is 7.65. The lowest BCUT2D eigenvalue weighted by Crippen LogP contribution is -2.43. The summed E-state index contributed by atoms with van der Waals surface area (Å²) in [5, 5.41) is 7.46. The first-order chi connectivity index (χ1) is 10.7. The average Bonchev–Trinajstić information content (AvgIpc) is 3.01. The summed E-state index contributed by atoms with van der Waals surface area (Å²) in [5.74, 6) is 3.06. The van der Waals surface area contributed by atoms with Crippen LogP contribution in [0.3, 0.4) is 0 Å². The lowest BCUT2D eigenvalue weighted by molar-refractivity contribution is 0.223. The topological polar surface area (TPSA) is 45.7 Å². The molecule has 0 amide bonds. The molecule has 0 radical (unpaired) electrons. The second-order valence-electron chi connectivity index (χ2n) is 5.71. The Kier molecular flexibility index (Phi) is 9.78. The number of ether oxygens (including phenoxy) is 1. The van der Waals surface area contributed by atoms with Gasteiger partial charge in [0.2, 0.25) is 0 Å². The quantitative estimate of drug-likeness (QED) is 0.397. The highest BCUT2D eigenvalue weighted by atomic mass is 127. The van der Waals surface area contributed by atoms with E-state index in [1.165, 1.54) is 24.2 Å². The lowest BCUT2D eigenvalue weighted by Gasteiger charge is -2.19. The van der Waals surface area contributed by atoms with Crippen LogP contribution in [0.4, 0.5) is 0 Å². The summed E-state index contributed by atoms with van der Waals surface area (Å²) in [6, 6.07) is 8.14. The van der Waals surface area contributed by atoms with Crippen molar-refractivity contribution in [2.75, 3.05) is 25.9 Å². The molecule has 4 nitrogen and oxygen atoms in total. The average molecular weight is 449 g/mol. The van der Waals surface area contributed by atoms with Gasteiger partial charge in [-0.25, -0.2) is 0 Å². The van der Waals surface area contributed by atoms with Gasteiger partial charge in [0.1, 0.15) is 11.9 Å². The maximum Gasteiger partial charge on any atom is 0.191 e. The molecule has 2 N–H and O–H groups in total. The van der Waals surface area contributed by atoms with Crippen molar-refractivity contribution in [2.24, 2.45) is 4.99 Å². The molecule has 1 aromatic carbocycles. The van der Waals surface area contributed by atoms with E-state index in [1.807, 2.05) is 19.2 Å². The molecule has 0 saturated carbocycles. The van der Waals surface area contributed by atoms with E-state index >= 15 is 0 Å². The largest absolute Gasteiger partial charge is 0.489 e. The normalized spacial score (nSPS) is 18.9. The second-order valence-corrected chi connectivity index (χ2v) is 7.12. The Bertz CT molecular complexity index is 492. The molecule has 1 fully saturated rings. The van der Waals surface area contributed by atoms with E-state index in [9.17, 15) is 0 Å². The summed E-state index contributed by atoms with van der Waals surface area (Å²) in [5.41, 5.74) is 1.21. The molecule has 1 aromatic rings. The minimum Gasteiger partial charge on any atom is -0.489 e. The van der Waals surface area contributed by atoms with Crippen molar-refractivity contribution in [2.45, 2.75) is 38.0 Å². The van der Waals surface area contributed by atoms with E-state index in [4.69, 9.17) is 4.74 Å². The van der Waals surface area contributed by atoms with Crippen LogP contribution in [0, 0.1) is 6.92 Å². The Hall–Kier alpha value is -0.630. The number of guanidine groups is 1. The van der Waals surface area contributed by atoms with Crippen LogP contribution in [0.25, 0.3) is 0 Å². The molecule has 0 aromatic heterocycles. The smallest absolute Gasteiger partial charge is 0.191 e. The number of aliphatic imine (C=N–C) groups is 1. The fourth-order valence-corrected chi connectivity index (χ4v) is 3.64. The van der Waals surface area contributed by atoms with Crippen LogP contribution in [0.5, 0.6) is 5.75 Å². The van der Waals surface area contributed by atoms with E-state index in [1.54, 1.807) is 0 Å². The van der Waals surface area contributed by atoms with E-state index in [0.717, 1.165) is 30.0 Å². The number of halogens is 1. The predicted octanol–water partition coefficient (Wildman–Crippen LogP) is 3.44. The van der Waals surface area contributed by atoms with E-state index in [2.05, 4.69) is 53.4 Å². The zero-order valence-corrected chi connectivity index (χ0v) is 17.3. The molecule has 0 bridgehead atoms. The zero-order valence-electron chi connectivity index (χ0n) is 14.2. The molecule has 2 atom stereocenters. The molecule has 2 unspecified atom stereocenters. The number of rotatable bonds is 6. The zero-order chi connectivity index (χ0) is 15.8. The van der Waals surface area contributed by atoms with Crippen molar-refractivity contribution in [3.63, 3.8) is 0 Å². The molecular formula is C17H28IN3OS. The number of benzene rings is 1. The minimum atomic E-state index is 0. The number of nitrogens with zero attached hydrogens (tertiary/aromatic N) is 1. The van der Waals surface area contributed by atoms with Crippen LogP contribution < -0.4 is 15.4 Å². The van der Waals surface area contributed by atoms with Gasteiger partial charge < -0.3 is 15.4 Å². The molecular weight excluding hydrogens is 421 g/mol. The number of thioether (sulfide) groups is 1. The highest BCUT2D eigenvalue weighted by Crippen LogP contribution is 2.25. The van der Waals surface area contributed by atoms with Gasteiger partial charge in [0.25, 0.3) is 0 Å². The maximum atomic E-state index is 5.92. The van der Waals surface area contributed by atoms with Gasteiger partial charge >= 0.3 is 0 Å². The standard InChI is InChI=1S/C17H27N3OS.HI/c1-13-6-4-7-15(10-13)21-14(2)11-19-17(18-3)20-12-16-8-5-9-22-16;/h4,6-7,10,14,16H,5,8-9,11-12H2,1-3H3,(H2,18,19,20);1H. The molecule has 1 saturated heterocycles. The van der Waals surface area contributed by atoms with E-state index < -0.39 is 0 Å². The molecule has 0 spiro atoms. The Morgan fingerprint density at radius 2 is 2.26 bits per heavy atom. The number of aryl methyl sites for hydroxylation is 1. The van der Waals surface area contributed by atoms with Crippen LogP contribution >= 0.6 is 35.7 Å². The second kappa shape index (κ2) is 11.0. The van der Waals surface area contributed by atoms with Gasteiger partial charge in [-0.2, -0.15) is 11.8 Å². The number of hydrogen-bond donors (Lipinski definition) is 2. The van der Waals surface area contributed by atoms with Gasteiger partial charge in [0, 0.05) is 18.8 Å². The van der Waals surface area contributed by atoms with Crippen molar-refractivity contribution in [1.29, 1.82) is 0 Å². The first-order valence-corrected chi connectivity index (χ1v) is 9.01. The van der Waals surface area contributed by atoms with Crippen molar-refractivity contribution in [3.05, 3.63) is 29.8 Å². The van der Waals surface area contributed by atoms with Crippen LogP contribution in [0.15, 0.2) is 29.3 Å². The molecule has 6 heteroatoms. The Morgan fingerprint density at radius 3 is 2.91 bits per heavy atom. The maximum absolute atomic E-state index is 5.92. The summed E-state index contributed by atoms with van der Waals surface area (Å²) in [4.78, 5) is 4.27. The van der Waals surface area contributed by atoms with E-state index in [-0.39, 0.29) is 30.1 Å². The van der Waals surface area contributed by atoms with Gasteiger partial charge in [-0.1, -0.05) is 12.1 Å². The SMILES string of the molecule is CN=C(NCC(C)Oc1cccc(C)c1)NCC1CCCS1.I. The van der Waals surface area contributed by atoms with Gasteiger partial charge in [0.05, 0.1) is 6.54 Å². The number of hydrogen-bond acceptors (Lipinski definition) is 3. The summed E-state index contributed by atoms with van der Waals surface area (Å²) in [6.07, 6.45) is 2.73. The van der Waals surface area contributed by atoms with Crippen LogP contribution in [-0.4, -0.2) is 43.2 Å². The third-order valence-electron chi connectivity index (χ3n) is 3.63. The monoisotopic (exact) mass is 449 g/mol. The first kappa shape index (κ1) is 20.4. The minimum absolute atomic E-state index is 0. The van der Waals surface area contributed by atoms with Crippen molar-refractivity contribution in [3.8, 4) is 5.75 Å². The summed E-state index contributed by atoms with van der Waals surface area (Å²) >= 11 is 2.05. The van der Waals surface area contributed by atoms with Crippen LogP contribution in [-0.2, 0) is 0 Å². The molecule has 1 aliphatic heterocycles. The highest BCUT2D eigenvalue weighted by molar-refractivity contribution is 14.0. The molecule has 2 rings (SSSR count). The van der Waals surface area contributed by atoms with Gasteiger partial charge in [-0.3, -0.25) is 4.99 Å². The molecule has 23 heavy (non-hydrogen) atoms. The van der Waals surface area contributed by atoms with Crippen molar-refractivity contribution in [1.82, 2.24) is 10.6 Å². The molecule has 1 heterocycles. The fraction of sp³-hybridized carbons (Fsp3) is 0.588. The van der Waals surface area contributed by atoms with Gasteiger partial charge in [-0.15, -0.1) is 24.0 Å². The Balaban J connectivity index is 0.00000264. The lowest BCUT2D eigenvalue weighted by atomic mass is 10.2. The molecule has 0 aliphatic carbocycles. The fourth-order valence-electron chi connectivity index (χ4n) is 2.44. The predicted molar refractivity (Wildman–Crippen MR) is 112 cm³/mol. The molecule has 130 valence electrons. The van der Waals surface area contributed by atoms with Crippen LogP contribution in [0.2, 0.25) is 0 Å². The summed E-state index contributed by atoms with van der Waals surface area (Å²) < 4.78 is 5.92. The Morgan fingerprint density at radius 1 is 1.43 bits per heavy atom. The van der Waals surface area contributed by atoms with Crippen LogP contribution in [0.1, 0.15) is 25.3 Å². The Labute approximate surface area is 161 Å². The summed E-state index contributed by atoms with van der Waals surface area (Å²) in [7, 11) is 1.81. The third-order valence-corrected chi connectivity index (χ3v) is 5.03. The van der Waals surface area contributed by atoms with Crippen molar-refractivity contribution >= 4 is 41.7 Å². The molecule has 1 aliphatic rings. The van der Waals surface area contributed by atoms with Crippen molar-refractivity contribution < 1.29 is 4.74 Å². The number of nitrogens with one attached hydrogen (secondary N) is 2. The van der Waals surface area contributed by atoms with Gasteiger partial charge in [-0.05, 0) is 50.1 Å². The summed E-state index contributed by atoms with van der Waals surface area (Å²) in [6.45, 7) is 5.85. The van der Waals surface area contributed by atoms with Gasteiger partial charge in [0.15, 0.2) is 5.96 Å². The highest BCUT2D eigenvalue weighted by Gasteiger charge is 2.15. The first-order valence-electron chi connectivity index (χ1n) is 7.97. The van der Waals surface area contributed by atoms with E-state index in [0.29, 0.717) is 0 Å².